The van der Waals surface area contributed by atoms with Crippen LogP contribution in [0.15, 0.2) is 78.6 Å². The van der Waals surface area contributed by atoms with Gasteiger partial charge in [-0.15, -0.1) is 0 Å². The van der Waals surface area contributed by atoms with Gasteiger partial charge in [0.05, 0.1) is 34.5 Å². The van der Waals surface area contributed by atoms with Crippen LogP contribution >= 0.6 is 0 Å². The van der Waals surface area contributed by atoms with Gasteiger partial charge >= 0.3 is 0 Å². The second kappa shape index (κ2) is 17.0. The number of pyridine rings is 4. The molecule has 0 aliphatic rings. The molecule has 18 heteroatoms. The van der Waals surface area contributed by atoms with Crippen LogP contribution in [0, 0.1) is 16.2 Å². The number of ether oxygens (including phenoxy) is 3. The topological polar surface area (TPSA) is 228 Å². The zero-order valence-electron chi connectivity index (χ0n) is 31.3. The number of nitrogens with two attached hydrogens (primary N) is 1. The van der Waals surface area contributed by atoms with Crippen molar-refractivity contribution in [3.8, 4) is 22.3 Å². The molecule has 0 unspecified atom stereocenters. The molecular formula is C36H44N14O3Si. The van der Waals surface area contributed by atoms with E-state index in [1.165, 1.54) is 18.7 Å². The third kappa shape index (κ3) is 10.8. The number of aromatic nitrogens is 8. The third-order valence-corrected chi connectivity index (χ3v) is 9.30. The van der Waals surface area contributed by atoms with Crippen LogP contribution < -0.4 is 10.6 Å². The van der Waals surface area contributed by atoms with E-state index in [2.05, 4.69) is 49.8 Å². The molecular weight excluding hydrogens is 705 g/mol. The number of amidine groups is 2. The Morgan fingerprint density at radius 3 is 1.83 bits per heavy atom. The van der Waals surface area contributed by atoms with Crippen molar-refractivity contribution in [1.82, 2.24) is 39.5 Å². The van der Waals surface area contributed by atoms with Gasteiger partial charge in [0.25, 0.3) is 12.0 Å². The predicted molar refractivity (Wildman–Crippen MR) is 213 cm³/mol. The summed E-state index contributed by atoms with van der Waals surface area (Å²) in [6, 6.07) is 11.7. The Balaban J connectivity index is 0.000000217. The number of nitrogens with zero attached hydrogens (tertiary/aromatic N) is 10. The lowest BCUT2D eigenvalue weighted by Gasteiger charge is -2.24. The Morgan fingerprint density at radius 1 is 0.759 bits per heavy atom. The maximum Gasteiger partial charge on any atom is 0.298 e. The van der Waals surface area contributed by atoms with Gasteiger partial charge in [-0.25, -0.2) is 9.97 Å². The molecule has 0 aromatic carbocycles. The van der Waals surface area contributed by atoms with Crippen molar-refractivity contribution in [2.24, 2.45) is 24.8 Å². The molecule has 0 fully saturated rings. The van der Waals surface area contributed by atoms with Gasteiger partial charge in [-0.05, 0) is 42.4 Å². The molecule has 0 atom stereocenters. The fourth-order valence-electron chi connectivity index (χ4n) is 4.92. The van der Waals surface area contributed by atoms with Crippen LogP contribution in [0.2, 0.25) is 25.7 Å². The zero-order chi connectivity index (χ0) is 39.0. The van der Waals surface area contributed by atoms with Gasteiger partial charge in [-0.3, -0.25) is 40.5 Å². The summed E-state index contributed by atoms with van der Waals surface area (Å²) in [5.74, 6) is 0.782. The predicted octanol–water partition coefficient (Wildman–Crippen LogP) is 6.09. The SMILES string of the molecule is CC(=N)OC(=N)N(COCC[Si](C)(C)C)c1ccc2ncc(-c3cnn(C)c3)cc2n1.CC(=N)OC(N)=Nc1ccc2ncc(-c3cnn(C)c3)cc2n1. The van der Waals surface area contributed by atoms with Gasteiger partial charge in [0.1, 0.15) is 12.5 Å². The molecule has 0 spiro atoms. The van der Waals surface area contributed by atoms with Gasteiger partial charge in [0, 0.05) is 89.7 Å². The molecule has 0 saturated carbocycles. The number of anilines is 1. The van der Waals surface area contributed by atoms with Gasteiger partial charge in [-0.1, -0.05) is 19.6 Å². The standard InChI is InChI=1S/C21H29N7O2Si.C15H15N7O/c1-15(22)30-21(23)28(14-29-8-9-31(3,4)5)20-7-6-18-19(26-20)10-16(11-24-18)17-12-25-27(2)13-17;1-9(16)23-15(17)21-14-4-3-12-13(20-14)5-10(6-18-12)11-7-19-22(2)8-11/h6-7,10-13,22-23H,8-9,14H2,1-5H3;3-8,16H,1-2H3,(H2,17,20,21). The van der Waals surface area contributed by atoms with Gasteiger partial charge < -0.3 is 19.9 Å². The molecule has 0 aliphatic heterocycles. The second-order valence-corrected chi connectivity index (χ2v) is 19.1. The average molecular weight is 749 g/mol. The molecule has 5 N–H and O–H groups in total. The molecule has 17 nitrogen and oxygen atoms in total. The molecule has 280 valence electrons. The highest BCUT2D eigenvalue weighted by molar-refractivity contribution is 6.76. The van der Waals surface area contributed by atoms with Crippen LogP contribution in [0.25, 0.3) is 44.3 Å². The maximum atomic E-state index is 8.28. The maximum absolute atomic E-state index is 8.28. The zero-order valence-corrected chi connectivity index (χ0v) is 32.3. The summed E-state index contributed by atoms with van der Waals surface area (Å²) in [6.07, 6.45) is 10.9. The minimum atomic E-state index is -1.23. The fourth-order valence-corrected chi connectivity index (χ4v) is 5.67. The summed E-state index contributed by atoms with van der Waals surface area (Å²) >= 11 is 0. The van der Waals surface area contributed by atoms with E-state index in [0.717, 1.165) is 39.3 Å². The lowest BCUT2D eigenvalue weighted by atomic mass is 10.1. The largest absolute Gasteiger partial charge is 0.412 e. The normalized spacial score (nSPS) is 11.6. The number of hydrogen-bond acceptors (Lipinski definition) is 13. The lowest BCUT2D eigenvalue weighted by molar-refractivity contribution is 0.152. The van der Waals surface area contributed by atoms with E-state index in [1.54, 1.807) is 52.4 Å². The molecule has 0 bridgehead atoms. The number of nitrogens with one attached hydrogen (secondary N) is 3. The number of fused-ring (bicyclic) bond motifs is 2. The molecule has 0 aliphatic carbocycles. The smallest absolute Gasteiger partial charge is 0.298 e. The Labute approximate surface area is 313 Å². The van der Waals surface area contributed by atoms with E-state index >= 15 is 0 Å². The Bertz CT molecular complexity index is 2330. The highest BCUT2D eigenvalue weighted by Gasteiger charge is 2.19. The monoisotopic (exact) mass is 748 g/mol. The van der Waals surface area contributed by atoms with Crippen molar-refractivity contribution in [2.75, 3.05) is 18.2 Å². The molecule has 6 heterocycles. The van der Waals surface area contributed by atoms with Gasteiger partial charge in [-0.2, -0.15) is 15.2 Å². The van der Waals surface area contributed by atoms with Crippen molar-refractivity contribution in [2.45, 2.75) is 39.5 Å². The van der Waals surface area contributed by atoms with E-state index in [4.69, 9.17) is 41.2 Å². The summed E-state index contributed by atoms with van der Waals surface area (Å²) in [5.41, 5.74) is 12.2. The molecule has 6 aromatic heterocycles. The fraction of sp³-hybridized carbons (Fsp3) is 0.278. The van der Waals surface area contributed by atoms with E-state index in [-0.39, 0.29) is 30.6 Å². The van der Waals surface area contributed by atoms with Crippen LogP contribution in [-0.2, 0) is 28.3 Å². The first-order valence-electron chi connectivity index (χ1n) is 16.9. The minimum absolute atomic E-state index is 0.0347. The van der Waals surface area contributed by atoms with Crippen LogP contribution in [-0.4, -0.2) is 84.7 Å². The number of rotatable bonds is 9. The second-order valence-electron chi connectivity index (χ2n) is 13.5. The van der Waals surface area contributed by atoms with Crippen LogP contribution in [0.5, 0.6) is 0 Å². The molecule has 0 saturated heterocycles. The summed E-state index contributed by atoms with van der Waals surface area (Å²) in [5, 5.41) is 31.4. The van der Waals surface area contributed by atoms with Crippen molar-refractivity contribution < 1.29 is 14.2 Å². The van der Waals surface area contributed by atoms with E-state index in [1.807, 2.05) is 44.7 Å². The first-order valence-corrected chi connectivity index (χ1v) is 20.6. The molecule has 6 aromatic rings. The Hall–Kier alpha value is -6.40. The number of hydrogen-bond donors (Lipinski definition) is 4. The van der Waals surface area contributed by atoms with Crippen molar-refractivity contribution in [3.05, 3.63) is 73.6 Å². The third-order valence-electron chi connectivity index (χ3n) is 7.59. The highest BCUT2D eigenvalue weighted by Crippen LogP contribution is 2.25. The van der Waals surface area contributed by atoms with Crippen molar-refractivity contribution in [3.63, 3.8) is 0 Å². The van der Waals surface area contributed by atoms with E-state index in [0.29, 0.717) is 29.3 Å². The van der Waals surface area contributed by atoms with Crippen LogP contribution in [0.1, 0.15) is 13.8 Å². The summed E-state index contributed by atoms with van der Waals surface area (Å²) in [6.45, 7) is 10.5. The van der Waals surface area contributed by atoms with Gasteiger partial charge in [0.15, 0.2) is 17.6 Å². The average Bonchev–Trinajstić information content (AvgIpc) is 3.74. The van der Waals surface area contributed by atoms with Crippen LogP contribution in [0.3, 0.4) is 0 Å². The summed E-state index contributed by atoms with van der Waals surface area (Å²) < 4.78 is 19.4. The van der Waals surface area contributed by atoms with E-state index in [9.17, 15) is 0 Å². The summed E-state index contributed by atoms with van der Waals surface area (Å²) in [7, 11) is 2.50. The number of aryl methyl sites for hydroxylation is 2. The van der Waals surface area contributed by atoms with Crippen molar-refractivity contribution >= 4 is 65.6 Å². The van der Waals surface area contributed by atoms with Crippen molar-refractivity contribution in [1.29, 1.82) is 16.2 Å². The molecule has 54 heavy (non-hydrogen) atoms. The molecule has 6 rings (SSSR count). The first-order chi connectivity index (χ1) is 25.6. The number of aliphatic imine (C=N–C) groups is 1. The lowest BCUT2D eigenvalue weighted by Crippen LogP contribution is -2.36. The molecule has 0 radical (unpaired) electrons. The first kappa shape index (κ1) is 38.8. The van der Waals surface area contributed by atoms with Crippen LogP contribution in [0.4, 0.5) is 11.6 Å². The molecule has 0 amide bonds. The quantitative estimate of drug-likeness (QED) is 0.0435. The minimum Gasteiger partial charge on any atom is -0.412 e. The van der Waals surface area contributed by atoms with Gasteiger partial charge in [0.2, 0.25) is 0 Å². The Morgan fingerprint density at radius 2 is 1.31 bits per heavy atom. The van der Waals surface area contributed by atoms with E-state index < -0.39 is 8.07 Å². The Kier molecular flexibility index (Phi) is 12.2. The summed E-state index contributed by atoms with van der Waals surface area (Å²) in [4.78, 5) is 23.5. The highest BCUT2D eigenvalue weighted by atomic mass is 28.3.